The van der Waals surface area contributed by atoms with Crippen molar-refractivity contribution in [3.05, 3.63) is 6.33 Å². The first-order valence-corrected chi connectivity index (χ1v) is 4.74. The molecule has 0 aliphatic carbocycles. The molecule has 1 aromatic rings. The minimum atomic E-state index is 0.115. The van der Waals surface area contributed by atoms with Gasteiger partial charge in [-0.05, 0) is 0 Å². The number of aromatic nitrogens is 2. The van der Waals surface area contributed by atoms with Gasteiger partial charge in [-0.25, -0.2) is 4.98 Å². The van der Waals surface area contributed by atoms with Crippen LogP contribution in [0.1, 0.15) is 0 Å². The lowest BCUT2D eigenvalue weighted by atomic mass is 10.3. The van der Waals surface area contributed by atoms with Crippen LogP contribution in [-0.2, 0) is 4.74 Å². The van der Waals surface area contributed by atoms with E-state index in [1.807, 2.05) is 0 Å². The molecule has 2 heterocycles. The van der Waals surface area contributed by atoms with Crippen molar-refractivity contribution in [1.29, 1.82) is 0 Å². The molecule has 0 amide bonds. The Bertz CT molecular complexity index is 345. The van der Waals surface area contributed by atoms with Crippen molar-refractivity contribution in [2.24, 2.45) is 0 Å². The quantitative estimate of drug-likeness (QED) is 0.733. The lowest BCUT2D eigenvalue weighted by molar-refractivity contribution is 0.124. The Morgan fingerprint density at radius 1 is 1.27 bits per heavy atom. The van der Waals surface area contributed by atoms with Gasteiger partial charge in [0.15, 0.2) is 5.82 Å². The zero-order valence-electron chi connectivity index (χ0n) is 8.78. The van der Waals surface area contributed by atoms with E-state index in [1.54, 1.807) is 14.2 Å². The Morgan fingerprint density at radius 3 is 2.80 bits per heavy atom. The van der Waals surface area contributed by atoms with Gasteiger partial charge >= 0.3 is 0 Å². The molecule has 6 heteroatoms. The van der Waals surface area contributed by atoms with Crippen molar-refractivity contribution < 1.29 is 9.47 Å². The second kappa shape index (κ2) is 4.31. The van der Waals surface area contributed by atoms with Crippen LogP contribution in [0, 0.1) is 0 Å². The maximum Gasteiger partial charge on any atom is 0.242 e. The molecule has 0 fully saturated rings. The highest BCUT2D eigenvalue weighted by Crippen LogP contribution is 2.29. The summed E-state index contributed by atoms with van der Waals surface area (Å²) in [4.78, 5) is 8.16. The minimum Gasteiger partial charge on any atom is -0.479 e. The largest absolute Gasteiger partial charge is 0.479 e. The van der Waals surface area contributed by atoms with E-state index in [1.165, 1.54) is 6.33 Å². The van der Waals surface area contributed by atoms with Crippen molar-refractivity contribution >= 4 is 11.5 Å². The van der Waals surface area contributed by atoms with Crippen LogP contribution in [0.5, 0.6) is 5.88 Å². The Balaban J connectivity index is 2.26. The molecule has 1 unspecified atom stereocenters. The number of nitrogens with one attached hydrogen (secondary N) is 2. The zero-order valence-corrected chi connectivity index (χ0v) is 8.78. The van der Waals surface area contributed by atoms with Gasteiger partial charge in [0.05, 0.1) is 13.2 Å². The van der Waals surface area contributed by atoms with Gasteiger partial charge in [0.25, 0.3) is 0 Å². The molecule has 15 heavy (non-hydrogen) atoms. The molecule has 2 rings (SSSR count). The third-order valence-electron chi connectivity index (χ3n) is 2.34. The van der Waals surface area contributed by atoms with E-state index in [0.29, 0.717) is 12.4 Å². The van der Waals surface area contributed by atoms with Crippen LogP contribution in [-0.4, -0.2) is 43.4 Å². The molecule has 0 radical (unpaired) electrons. The van der Waals surface area contributed by atoms with Crippen molar-refractivity contribution in [3.63, 3.8) is 0 Å². The number of anilines is 2. The maximum atomic E-state index is 5.26. The lowest BCUT2D eigenvalue weighted by Gasteiger charge is -2.11. The Kier molecular flexibility index (Phi) is 2.86. The Hall–Kier alpha value is -1.56. The first-order valence-electron chi connectivity index (χ1n) is 4.74. The molecule has 1 atom stereocenters. The number of ether oxygens (including phenoxy) is 2. The summed E-state index contributed by atoms with van der Waals surface area (Å²) in [5.74, 6) is 1.30. The van der Waals surface area contributed by atoms with E-state index in [9.17, 15) is 0 Å². The molecule has 6 nitrogen and oxygen atoms in total. The standard InChI is InChI=1S/C9H14N4O2/c1-14-6-3-10-7-8(11-4-6)12-5-13-9(7)15-2/h5-6,10H,3-4H2,1-2H3,(H,11,12,13). The fourth-order valence-corrected chi connectivity index (χ4v) is 1.48. The van der Waals surface area contributed by atoms with Crippen LogP contribution in [0.2, 0.25) is 0 Å². The van der Waals surface area contributed by atoms with Crippen molar-refractivity contribution in [1.82, 2.24) is 9.97 Å². The summed E-state index contributed by atoms with van der Waals surface area (Å²) in [5, 5.41) is 6.39. The molecule has 0 saturated heterocycles. The number of hydrogen-bond donors (Lipinski definition) is 2. The van der Waals surface area contributed by atoms with Crippen molar-refractivity contribution in [2.45, 2.75) is 6.10 Å². The number of fused-ring (bicyclic) bond motifs is 1. The summed E-state index contributed by atoms with van der Waals surface area (Å²) < 4.78 is 10.4. The van der Waals surface area contributed by atoms with E-state index in [4.69, 9.17) is 9.47 Å². The predicted octanol–water partition coefficient (Wildman–Crippen LogP) is 0.338. The summed E-state index contributed by atoms with van der Waals surface area (Å²) in [6.07, 6.45) is 1.59. The Morgan fingerprint density at radius 2 is 2.07 bits per heavy atom. The molecule has 1 aliphatic rings. The van der Waals surface area contributed by atoms with Gasteiger partial charge in [-0.15, -0.1) is 0 Å². The van der Waals surface area contributed by atoms with Gasteiger partial charge in [0, 0.05) is 20.2 Å². The number of hydrogen-bond acceptors (Lipinski definition) is 6. The van der Waals surface area contributed by atoms with E-state index >= 15 is 0 Å². The average Bonchev–Trinajstić information content (AvgIpc) is 2.50. The highest BCUT2D eigenvalue weighted by atomic mass is 16.5. The average molecular weight is 210 g/mol. The molecular weight excluding hydrogens is 196 g/mol. The fraction of sp³-hybridized carbons (Fsp3) is 0.556. The van der Waals surface area contributed by atoms with Crippen LogP contribution in [0.3, 0.4) is 0 Å². The van der Waals surface area contributed by atoms with Crippen molar-refractivity contribution in [2.75, 3.05) is 37.9 Å². The SMILES string of the molecule is COc1ncnc2c1NCC(OC)CN2. The van der Waals surface area contributed by atoms with E-state index in [-0.39, 0.29) is 6.10 Å². The van der Waals surface area contributed by atoms with E-state index in [0.717, 1.165) is 18.1 Å². The smallest absolute Gasteiger partial charge is 0.242 e. The molecule has 82 valence electrons. The molecule has 1 aliphatic heterocycles. The lowest BCUT2D eigenvalue weighted by Crippen LogP contribution is -2.26. The van der Waals surface area contributed by atoms with Gasteiger partial charge in [-0.1, -0.05) is 0 Å². The maximum absolute atomic E-state index is 5.26. The van der Waals surface area contributed by atoms with Gasteiger partial charge in [0.2, 0.25) is 5.88 Å². The summed E-state index contributed by atoms with van der Waals surface area (Å²) in [5.41, 5.74) is 0.791. The monoisotopic (exact) mass is 210 g/mol. The first-order chi connectivity index (χ1) is 7.35. The highest BCUT2D eigenvalue weighted by molar-refractivity contribution is 5.70. The van der Waals surface area contributed by atoms with Crippen LogP contribution >= 0.6 is 0 Å². The second-order valence-corrected chi connectivity index (χ2v) is 3.23. The molecule has 2 N–H and O–H groups in total. The van der Waals surface area contributed by atoms with Crippen molar-refractivity contribution in [3.8, 4) is 5.88 Å². The summed E-state index contributed by atoms with van der Waals surface area (Å²) in [6, 6.07) is 0. The normalized spacial score (nSPS) is 19.5. The molecule has 1 aromatic heterocycles. The number of methoxy groups -OCH3 is 2. The topological polar surface area (TPSA) is 68.3 Å². The molecule has 0 bridgehead atoms. The summed E-state index contributed by atoms with van der Waals surface area (Å²) in [7, 11) is 3.27. The third-order valence-corrected chi connectivity index (χ3v) is 2.34. The van der Waals surface area contributed by atoms with Gasteiger partial charge in [0.1, 0.15) is 12.0 Å². The zero-order chi connectivity index (χ0) is 10.7. The summed E-state index contributed by atoms with van der Waals surface area (Å²) in [6.45, 7) is 1.43. The number of rotatable bonds is 2. The first kappa shape index (κ1) is 9.97. The summed E-state index contributed by atoms with van der Waals surface area (Å²) >= 11 is 0. The predicted molar refractivity (Wildman–Crippen MR) is 56.4 cm³/mol. The molecular formula is C9H14N4O2. The highest BCUT2D eigenvalue weighted by Gasteiger charge is 2.18. The minimum absolute atomic E-state index is 0.115. The molecule has 0 saturated carbocycles. The second-order valence-electron chi connectivity index (χ2n) is 3.23. The van der Waals surface area contributed by atoms with E-state index in [2.05, 4.69) is 20.6 Å². The fourth-order valence-electron chi connectivity index (χ4n) is 1.48. The third kappa shape index (κ3) is 1.94. The van der Waals surface area contributed by atoms with Crippen LogP contribution in [0.25, 0.3) is 0 Å². The van der Waals surface area contributed by atoms with Gasteiger partial charge in [-0.2, -0.15) is 4.98 Å². The number of nitrogens with zero attached hydrogens (tertiary/aromatic N) is 2. The van der Waals surface area contributed by atoms with Crippen LogP contribution < -0.4 is 15.4 Å². The molecule has 0 spiro atoms. The van der Waals surface area contributed by atoms with E-state index < -0.39 is 0 Å². The van der Waals surface area contributed by atoms with Crippen LogP contribution in [0.15, 0.2) is 6.33 Å². The van der Waals surface area contributed by atoms with Gasteiger partial charge < -0.3 is 20.1 Å². The van der Waals surface area contributed by atoms with Crippen LogP contribution in [0.4, 0.5) is 11.5 Å². The Labute approximate surface area is 88.0 Å². The van der Waals surface area contributed by atoms with Gasteiger partial charge in [-0.3, -0.25) is 0 Å². The molecule has 0 aromatic carbocycles.